The molecule has 2 N–H and O–H groups in total. The third-order valence-corrected chi connectivity index (χ3v) is 10.9. The zero-order valence-electron chi connectivity index (χ0n) is 27.1. The van der Waals surface area contributed by atoms with Gasteiger partial charge in [0.1, 0.15) is 28.7 Å². The minimum atomic E-state index is -1.35. The predicted octanol–water partition coefficient (Wildman–Crippen LogP) is 9.44. The molecular weight excluding hydrogens is 724 g/mol. The molecule has 2 aromatic heterocycles. The number of pyridine rings is 1. The summed E-state index contributed by atoms with van der Waals surface area (Å²) in [7, 11) is -0.0793. The van der Waals surface area contributed by atoms with E-state index < -0.39 is 25.8 Å². The van der Waals surface area contributed by atoms with Crippen LogP contribution in [0, 0.1) is 11.6 Å². The number of carbonyl (C=O) groups is 2. The SMILES string of the molecule is COC(=O)Nc1ccc2c(c1)NC(=O)CCCCC(c1ccc(-c3c(F)ccc(Cl)c3F)cn1)c1nc-2c(Br)n1COCC[Si](C)(C)C. The molecule has 1 aliphatic heterocycles. The lowest BCUT2D eigenvalue weighted by molar-refractivity contribution is -0.116. The Morgan fingerprint density at radius 1 is 1.17 bits per heavy atom. The molecule has 0 spiro atoms. The number of halogens is 4. The molecule has 0 saturated heterocycles. The van der Waals surface area contributed by atoms with Gasteiger partial charge in [0.05, 0.1) is 35.0 Å². The van der Waals surface area contributed by atoms with Crippen molar-refractivity contribution in [2.24, 2.45) is 0 Å². The van der Waals surface area contributed by atoms with Crippen LogP contribution in [0.2, 0.25) is 30.7 Å². The molecule has 48 heavy (non-hydrogen) atoms. The number of imidazole rings is 1. The maximum atomic E-state index is 14.8. The zero-order valence-corrected chi connectivity index (χ0v) is 30.5. The molecule has 2 aromatic carbocycles. The zero-order chi connectivity index (χ0) is 34.6. The number of fused-ring (bicyclic) bond motifs is 4. The Kier molecular flexibility index (Phi) is 11.3. The molecular formula is C34H37BrClF2N5O4Si. The second-order valence-electron chi connectivity index (χ2n) is 12.8. The van der Waals surface area contributed by atoms with E-state index in [9.17, 15) is 18.4 Å². The number of hydrogen-bond acceptors (Lipinski definition) is 6. The molecule has 254 valence electrons. The lowest BCUT2D eigenvalue weighted by atomic mass is 9.95. The number of nitrogens with zero attached hydrogens (tertiary/aromatic N) is 3. The van der Waals surface area contributed by atoms with Crippen LogP contribution < -0.4 is 10.6 Å². The van der Waals surface area contributed by atoms with Gasteiger partial charge in [-0.1, -0.05) is 43.7 Å². The highest BCUT2D eigenvalue weighted by molar-refractivity contribution is 9.10. The average molecular weight is 761 g/mol. The molecule has 9 nitrogen and oxygen atoms in total. The molecule has 0 saturated carbocycles. The fourth-order valence-electron chi connectivity index (χ4n) is 5.45. The Bertz CT molecular complexity index is 1820. The Morgan fingerprint density at radius 2 is 1.96 bits per heavy atom. The smallest absolute Gasteiger partial charge is 0.411 e. The van der Waals surface area contributed by atoms with Crippen molar-refractivity contribution < 1.29 is 27.8 Å². The summed E-state index contributed by atoms with van der Waals surface area (Å²) in [5.74, 6) is -1.43. The van der Waals surface area contributed by atoms with Crippen LogP contribution in [-0.2, 0) is 21.0 Å². The summed E-state index contributed by atoms with van der Waals surface area (Å²) in [4.78, 5) is 34.8. The summed E-state index contributed by atoms with van der Waals surface area (Å²) >= 11 is 9.74. The molecule has 2 bridgehead atoms. The summed E-state index contributed by atoms with van der Waals surface area (Å²) in [5.41, 5.74) is 2.75. The van der Waals surface area contributed by atoms with Crippen LogP contribution in [-0.4, -0.2) is 48.3 Å². The molecule has 14 heteroatoms. The molecule has 1 atom stereocenters. The molecule has 3 heterocycles. The molecule has 1 unspecified atom stereocenters. The van der Waals surface area contributed by atoms with Gasteiger partial charge in [-0.25, -0.2) is 18.6 Å². The van der Waals surface area contributed by atoms with E-state index in [0.29, 0.717) is 64.6 Å². The Labute approximate surface area is 292 Å². The lowest BCUT2D eigenvalue weighted by Crippen LogP contribution is -2.22. The summed E-state index contributed by atoms with van der Waals surface area (Å²) in [6.45, 7) is 7.66. The molecule has 0 fully saturated rings. The summed E-state index contributed by atoms with van der Waals surface area (Å²) in [6, 6.07) is 11.8. The second-order valence-corrected chi connectivity index (χ2v) is 19.6. The molecule has 1 aliphatic rings. The number of ether oxygens (including phenoxy) is 2. The van der Waals surface area contributed by atoms with Gasteiger partial charge < -0.3 is 14.8 Å². The fraction of sp³-hybridized carbons (Fsp3) is 0.353. The van der Waals surface area contributed by atoms with Crippen molar-refractivity contribution in [3.8, 4) is 22.4 Å². The number of aromatic nitrogens is 3. The topological polar surface area (TPSA) is 107 Å². The number of carbonyl (C=O) groups excluding carboxylic acids is 2. The van der Waals surface area contributed by atoms with Gasteiger partial charge in [-0.15, -0.1) is 0 Å². The van der Waals surface area contributed by atoms with E-state index in [1.165, 1.54) is 19.4 Å². The average Bonchev–Trinajstić information content (AvgIpc) is 3.36. The second kappa shape index (κ2) is 15.3. The summed E-state index contributed by atoms with van der Waals surface area (Å²) in [6.07, 6.45) is 2.95. The lowest BCUT2D eigenvalue weighted by Gasteiger charge is -2.20. The third-order valence-electron chi connectivity index (χ3n) is 8.07. The number of hydrogen-bond donors (Lipinski definition) is 2. The minimum Gasteiger partial charge on any atom is -0.453 e. The van der Waals surface area contributed by atoms with Gasteiger partial charge in [0.25, 0.3) is 0 Å². The number of nitrogens with one attached hydrogen (secondary N) is 2. The highest BCUT2D eigenvalue weighted by Crippen LogP contribution is 2.40. The largest absolute Gasteiger partial charge is 0.453 e. The number of methoxy groups -OCH3 is 1. The van der Waals surface area contributed by atoms with Gasteiger partial charge in [-0.05, 0) is 71.2 Å². The van der Waals surface area contributed by atoms with Gasteiger partial charge >= 0.3 is 6.09 Å². The van der Waals surface area contributed by atoms with Crippen LogP contribution in [0.3, 0.4) is 0 Å². The van der Waals surface area contributed by atoms with E-state index in [2.05, 4.69) is 51.2 Å². The first-order valence-corrected chi connectivity index (χ1v) is 20.5. The predicted molar refractivity (Wildman–Crippen MR) is 189 cm³/mol. The van der Waals surface area contributed by atoms with Crippen molar-refractivity contribution in [1.82, 2.24) is 14.5 Å². The van der Waals surface area contributed by atoms with E-state index in [1.807, 2.05) is 4.57 Å². The highest BCUT2D eigenvalue weighted by atomic mass is 79.9. The van der Waals surface area contributed by atoms with Gasteiger partial charge in [0.2, 0.25) is 5.91 Å². The summed E-state index contributed by atoms with van der Waals surface area (Å²) < 4.78 is 43.1. The van der Waals surface area contributed by atoms with Crippen LogP contribution in [0.15, 0.2) is 53.3 Å². The number of benzene rings is 2. The van der Waals surface area contributed by atoms with Crippen molar-refractivity contribution in [1.29, 1.82) is 0 Å². The Morgan fingerprint density at radius 3 is 2.67 bits per heavy atom. The maximum absolute atomic E-state index is 14.8. The minimum absolute atomic E-state index is 0.179. The third kappa shape index (κ3) is 8.31. The van der Waals surface area contributed by atoms with E-state index in [0.717, 1.165) is 12.1 Å². The van der Waals surface area contributed by atoms with Gasteiger partial charge in [0, 0.05) is 44.1 Å². The van der Waals surface area contributed by atoms with Crippen molar-refractivity contribution in [3.63, 3.8) is 0 Å². The molecule has 0 radical (unpaired) electrons. The van der Waals surface area contributed by atoms with Crippen molar-refractivity contribution >= 4 is 59.0 Å². The highest BCUT2D eigenvalue weighted by Gasteiger charge is 2.28. The molecule has 4 aromatic rings. The quantitative estimate of drug-likeness (QED) is 0.105. The number of anilines is 2. The van der Waals surface area contributed by atoms with Crippen LogP contribution in [0.25, 0.3) is 22.4 Å². The van der Waals surface area contributed by atoms with Crippen LogP contribution in [0.4, 0.5) is 25.0 Å². The van der Waals surface area contributed by atoms with E-state index in [-0.39, 0.29) is 41.1 Å². The standard InChI is InChI=1S/C34H37BrClF2N5O4Si/c1-46-34(45)40-21-10-11-22-27(17-21)41-28(44)8-6-5-7-23(33-42-31(22)32(35)43(33)19-47-15-16-48(2,3)4)26-14-9-20(18-39-26)29-25(37)13-12-24(36)30(29)38/h9-14,17-18,23H,5-8,15-16,19H2,1-4H3,(H,40,45)(H,41,44). The van der Waals surface area contributed by atoms with Gasteiger partial charge in [-0.3, -0.25) is 19.7 Å². The number of amides is 2. The first-order valence-electron chi connectivity index (χ1n) is 15.6. The first-order chi connectivity index (χ1) is 22.9. The van der Waals surface area contributed by atoms with Gasteiger partial charge in [-0.2, -0.15) is 0 Å². The van der Waals surface area contributed by atoms with E-state index in [1.54, 1.807) is 30.3 Å². The molecule has 2 amide bonds. The summed E-state index contributed by atoms with van der Waals surface area (Å²) in [5, 5.41) is 5.45. The van der Waals surface area contributed by atoms with Crippen LogP contribution in [0.5, 0.6) is 0 Å². The van der Waals surface area contributed by atoms with Crippen LogP contribution in [0.1, 0.15) is 43.1 Å². The Hall–Kier alpha value is -3.65. The van der Waals surface area contributed by atoms with Crippen LogP contribution >= 0.6 is 27.5 Å². The van der Waals surface area contributed by atoms with Crippen molar-refractivity contribution in [2.45, 2.75) is 64.0 Å². The first kappa shape index (κ1) is 35.6. The number of rotatable bonds is 8. The van der Waals surface area contributed by atoms with E-state index in [4.69, 9.17) is 26.1 Å². The Balaban J connectivity index is 1.61. The van der Waals surface area contributed by atoms with Crippen molar-refractivity contribution in [3.05, 3.63) is 81.4 Å². The normalized spacial score (nSPS) is 15.2. The molecule has 5 rings (SSSR count). The van der Waals surface area contributed by atoms with Crippen molar-refractivity contribution in [2.75, 3.05) is 24.4 Å². The monoisotopic (exact) mass is 759 g/mol. The van der Waals surface area contributed by atoms with Gasteiger partial charge in [0.15, 0.2) is 5.82 Å². The fourth-order valence-corrected chi connectivity index (χ4v) is 6.95. The molecule has 0 aliphatic carbocycles. The van der Waals surface area contributed by atoms with E-state index >= 15 is 0 Å². The maximum Gasteiger partial charge on any atom is 0.411 e.